The molecule has 3 aromatic rings. The quantitative estimate of drug-likeness (QED) is 0.382. The predicted molar refractivity (Wildman–Crippen MR) is 103 cm³/mol. The van der Waals surface area contributed by atoms with E-state index >= 15 is 0 Å². The number of carbonyl (C=O) groups is 2. The first-order valence-corrected chi connectivity index (χ1v) is 8.59. The molecule has 0 spiro atoms. The van der Waals surface area contributed by atoms with Crippen LogP contribution in [0.15, 0.2) is 46.9 Å². The van der Waals surface area contributed by atoms with Crippen LogP contribution >= 0.6 is 11.6 Å². The minimum Gasteiger partial charge on any atom is -0.449 e. The van der Waals surface area contributed by atoms with Crippen LogP contribution in [0.2, 0.25) is 5.02 Å². The lowest BCUT2D eigenvalue weighted by molar-refractivity contribution is -0.384. The highest BCUT2D eigenvalue weighted by Crippen LogP contribution is 2.28. The fraction of sp³-hybridized carbons (Fsp3) is 0.158. The highest BCUT2D eigenvalue weighted by molar-refractivity contribution is 6.34. The van der Waals surface area contributed by atoms with E-state index in [0.29, 0.717) is 11.1 Å². The number of hydrogen-bond donors (Lipinski definition) is 1. The summed E-state index contributed by atoms with van der Waals surface area (Å²) in [4.78, 5) is 34.8. The van der Waals surface area contributed by atoms with Crippen LogP contribution < -0.4 is 5.32 Å². The highest BCUT2D eigenvalue weighted by atomic mass is 35.5. The zero-order valence-electron chi connectivity index (χ0n) is 14.9. The molecule has 2 aromatic carbocycles. The first-order chi connectivity index (χ1) is 13.3. The number of aryl methyl sites for hydroxylation is 1. The number of amides is 1. The Morgan fingerprint density at radius 2 is 1.96 bits per heavy atom. The summed E-state index contributed by atoms with van der Waals surface area (Å²) in [5.41, 5.74) is 1.12. The van der Waals surface area contributed by atoms with E-state index in [-0.39, 0.29) is 22.2 Å². The minimum absolute atomic E-state index is 0.00537. The molecule has 8 nitrogen and oxygen atoms in total. The van der Waals surface area contributed by atoms with Crippen molar-refractivity contribution in [2.75, 3.05) is 5.32 Å². The normalized spacial score (nSPS) is 11.8. The zero-order chi connectivity index (χ0) is 20.4. The zero-order valence-corrected chi connectivity index (χ0v) is 15.6. The van der Waals surface area contributed by atoms with Crippen LogP contribution in [0.3, 0.4) is 0 Å². The fourth-order valence-corrected chi connectivity index (χ4v) is 2.81. The van der Waals surface area contributed by atoms with E-state index < -0.39 is 22.9 Å². The first-order valence-electron chi connectivity index (χ1n) is 8.22. The standard InChI is InChI=1S/C19H15ClN2O6/c1-10-13-5-3-4-6-16(13)28-17(10)19(24)27-11(2)18(23)21-15-8-7-12(22(25)26)9-14(15)20/h3-9,11H,1-2H3,(H,21,23). The number of non-ortho nitro benzene ring substituents is 1. The number of ether oxygens (including phenoxy) is 1. The number of nitrogens with one attached hydrogen (secondary N) is 1. The van der Waals surface area contributed by atoms with E-state index in [4.69, 9.17) is 20.8 Å². The van der Waals surface area contributed by atoms with Gasteiger partial charge in [0.15, 0.2) is 6.10 Å². The van der Waals surface area contributed by atoms with E-state index in [1.54, 1.807) is 19.1 Å². The number of fused-ring (bicyclic) bond motifs is 1. The summed E-state index contributed by atoms with van der Waals surface area (Å²) in [5, 5.41) is 14.0. The second-order valence-electron chi connectivity index (χ2n) is 6.01. The second-order valence-corrected chi connectivity index (χ2v) is 6.42. The second kappa shape index (κ2) is 7.69. The monoisotopic (exact) mass is 402 g/mol. The van der Waals surface area contributed by atoms with Gasteiger partial charge in [0.25, 0.3) is 11.6 Å². The number of rotatable bonds is 5. The van der Waals surface area contributed by atoms with E-state index in [2.05, 4.69) is 5.32 Å². The molecule has 0 radical (unpaired) electrons. The molecule has 0 aliphatic heterocycles. The van der Waals surface area contributed by atoms with Gasteiger partial charge in [-0.05, 0) is 26.0 Å². The maximum atomic E-state index is 12.4. The van der Waals surface area contributed by atoms with Crippen LogP contribution in [0.5, 0.6) is 0 Å². The molecule has 1 unspecified atom stereocenters. The van der Waals surface area contributed by atoms with Crippen LogP contribution in [0.4, 0.5) is 11.4 Å². The predicted octanol–water partition coefficient (Wildman–Crippen LogP) is 4.49. The van der Waals surface area contributed by atoms with Gasteiger partial charge in [-0.1, -0.05) is 29.8 Å². The van der Waals surface area contributed by atoms with Gasteiger partial charge in [0.1, 0.15) is 5.58 Å². The highest BCUT2D eigenvalue weighted by Gasteiger charge is 2.24. The summed E-state index contributed by atoms with van der Waals surface area (Å²) in [6, 6.07) is 10.8. The van der Waals surface area contributed by atoms with E-state index in [9.17, 15) is 19.7 Å². The molecule has 1 amide bonds. The van der Waals surface area contributed by atoms with Gasteiger partial charge in [-0.2, -0.15) is 0 Å². The maximum absolute atomic E-state index is 12.4. The number of benzene rings is 2. The van der Waals surface area contributed by atoms with Gasteiger partial charge in [0.2, 0.25) is 5.76 Å². The van der Waals surface area contributed by atoms with Crippen molar-refractivity contribution in [2.45, 2.75) is 20.0 Å². The molecule has 0 fully saturated rings. The molecule has 1 heterocycles. The molecule has 0 aliphatic carbocycles. The molecule has 1 aromatic heterocycles. The van der Waals surface area contributed by atoms with Crippen molar-refractivity contribution in [1.82, 2.24) is 0 Å². The van der Waals surface area contributed by atoms with Crippen molar-refractivity contribution in [1.29, 1.82) is 0 Å². The molecular formula is C19H15ClN2O6. The summed E-state index contributed by atoms with van der Waals surface area (Å²) >= 11 is 5.95. The summed E-state index contributed by atoms with van der Waals surface area (Å²) in [5.74, 6) is -1.39. The topological polar surface area (TPSA) is 112 Å². The Morgan fingerprint density at radius 1 is 1.25 bits per heavy atom. The van der Waals surface area contributed by atoms with Crippen LogP contribution in [-0.4, -0.2) is 22.9 Å². The SMILES string of the molecule is Cc1c(C(=O)OC(C)C(=O)Nc2ccc([N+](=O)[O-])cc2Cl)oc2ccccc12. The molecule has 0 aliphatic rings. The van der Waals surface area contributed by atoms with Crippen LogP contribution in [0.1, 0.15) is 23.0 Å². The number of anilines is 1. The molecule has 28 heavy (non-hydrogen) atoms. The Labute approximate surface area is 164 Å². The van der Waals surface area contributed by atoms with Gasteiger partial charge >= 0.3 is 5.97 Å². The fourth-order valence-electron chi connectivity index (χ4n) is 2.59. The van der Waals surface area contributed by atoms with Crippen molar-refractivity contribution >= 4 is 45.8 Å². The number of halogens is 1. The Hall–Kier alpha value is -3.39. The summed E-state index contributed by atoms with van der Waals surface area (Å²) in [7, 11) is 0. The number of para-hydroxylation sites is 1. The molecule has 3 rings (SSSR count). The first kappa shape index (κ1) is 19.4. The van der Waals surface area contributed by atoms with E-state index in [1.807, 2.05) is 12.1 Å². The number of nitro benzene ring substituents is 1. The molecule has 9 heteroatoms. The van der Waals surface area contributed by atoms with Gasteiger partial charge in [-0.25, -0.2) is 4.79 Å². The van der Waals surface area contributed by atoms with Crippen molar-refractivity contribution in [2.24, 2.45) is 0 Å². The summed E-state index contributed by atoms with van der Waals surface area (Å²) < 4.78 is 10.7. The number of esters is 1. The van der Waals surface area contributed by atoms with Crippen molar-refractivity contribution in [3.8, 4) is 0 Å². The molecule has 0 bridgehead atoms. The molecule has 0 saturated heterocycles. The third kappa shape index (κ3) is 3.81. The van der Waals surface area contributed by atoms with E-state index in [1.165, 1.54) is 19.1 Å². The average Bonchev–Trinajstić information content (AvgIpc) is 3.00. The van der Waals surface area contributed by atoms with Crippen molar-refractivity contribution in [3.63, 3.8) is 0 Å². The van der Waals surface area contributed by atoms with Gasteiger partial charge in [0, 0.05) is 23.1 Å². The largest absolute Gasteiger partial charge is 0.449 e. The number of nitro groups is 1. The van der Waals surface area contributed by atoms with Crippen molar-refractivity contribution in [3.05, 3.63) is 68.9 Å². The van der Waals surface area contributed by atoms with Crippen molar-refractivity contribution < 1.29 is 23.7 Å². The number of nitrogens with zero attached hydrogens (tertiary/aromatic N) is 1. The van der Waals surface area contributed by atoms with E-state index in [0.717, 1.165) is 11.5 Å². The van der Waals surface area contributed by atoms with Gasteiger partial charge in [-0.15, -0.1) is 0 Å². The lowest BCUT2D eigenvalue weighted by Gasteiger charge is -2.13. The molecule has 1 atom stereocenters. The summed E-state index contributed by atoms with van der Waals surface area (Å²) in [6.45, 7) is 3.12. The Balaban J connectivity index is 1.70. The Kier molecular flexibility index (Phi) is 5.32. The Bertz CT molecular complexity index is 1090. The third-order valence-corrected chi connectivity index (χ3v) is 4.42. The number of furan rings is 1. The summed E-state index contributed by atoms with van der Waals surface area (Å²) in [6.07, 6.45) is -1.15. The smallest absolute Gasteiger partial charge is 0.375 e. The minimum atomic E-state index is -1.15. The average molecular weight is 403 g/mol. The lowest BCUT2D eigenvalue weighted by atomic mass is 10.1. The third-order valence-electron chi connectivity index (χ3n) is 4.10. The van der Waals surface area contributed by atoms with Crippen LogP contribution in [0, 0.1) is 17.0 Å². The van der Waals surface area contributed by atoms with Gasteiger partial charge in [0.05, 0.1) is 15.6 Å². The number of carbonyl (C=O) groups excluding carboxylic acids is 2. The van der Waals surface area contributed by atoms with Gasteiger partial charge in [-0.3, -0.25) is 14.9 Å². The van der Waals surface area contributed by atoms with Crippen LogP contribution in [-0.2, 0) is 9.53 Å². The molecule has 144 valence electrons. The van der Waals surface area contributed by atoms with Gasteiger partial charge < -0.3 is 14.5 Å². The van der Waals surface area contributed by atoms with Crippen LogP contribution in [0.25, 0.3) is 11.0 Å². The molecular weight excluding hydrogens is 388 g/mol. The lowest BCUT2D eigenvalue weighted by Crippen LogP contribution is -2.30. The maximum Gasteiger partial charge on any atom is 0.375 e. The molecule has 1 N–H and O–H groups in total. The Morgan fingerprint density at radius 3 is 2.61 bits per heavy atom. The molecule has 0 saturated carbocycles. The number of hydrogen-bond acceptors (Lipinski definition) is 6.